The van der Waals surface area contributed by atoms with E-state index >= 15 is 0 Å². The summed E-state index contributed by atoms with van der Waals surface area (Å²) in [5.41, 5.74) is 3.04. The molecule has 2 aromatic rings. The fourth-order valence-electron chi connectivity index (χ4n) is 3.10. The van der Waals surface area contributed by atoms with E-state index in [1.54, 1.807) is 6.33 Å². The summed E-state index contributed by atoms with van der Waals surface area (Å²) in [4.78, 5) is 14.7. The first-order valence-corrected chi connectivity index (χ1v) is 7.34. The van der Waals surface area contributed by atoms with Gasteiger partial charge in [-0.15, -0.1) is 10.2 Å². The van der Waals surface area contributed by atoms with Crippen molar-refractivity contribution in [2.24, 2.45) is 0 Å². The first kappa shape index (κ1) is 12.4. The molecule has 4 rings (SSSR count). The van der Waals surface area contributed by atoms with Crippen molar-refractivity contribution in [2.45, 2.75) is 25.9 Å². The van der Waals surface area contributed by atoms with Crippen LogP contribution < -0.4 is 5.32 Å². The van der Waals surface area contributed by atoms with E-state index in [0.29, 0.717) is 13.1 Å². The molecule has 6 nitrogen and oxygen atoms in total. The summed E-state index contributed by atoms with van der Waals surface area (Å²) >= 11 is 0. The standard InChI is InChI=1S/C15H17N5O/c21-15(19-7-8-20-10-17-18-13(20)9-19)12-5-1-3-11-4-2-6-16-14(11)12/h1,3,5,10,16H,2,4,6-9H2. The van der Waals surface area contributed by atoms with Crippen LogP contribution in [0.1, 0.15) is 28.2 Å². The van der Waals surface area contributed by atoms with Gasteiger partial charge in [0, 0.05) is 19.6 Å². The molecule has 108 valence electrons. The number of carbonyl (C=O) groups is 1. The van der Waals surface area contributed by atoms with Gasteiger partial charge in [0.25, 0.3) is 5.91 Å². The average molecular weight is 283 g/mol. The van der Waals surface area contributed by atoms with E-state index in [4.69, 9.17) is 0 Å². The smallest absolute Gasteiger partial charge is 0.256 e. The number of nitrogens with one attached hydrogen (secondary N) is 1. The van der Waals surface area contributed by atoms with Gasteiger partial charge in [-0.3, -0.25) is 4.79 Å². The largest absolute Gasteiger partial charge is 0.384 e. The highest BCUT2D eigenvalue weighted by molar-refractivity contribution is 6.00. The average Bonchev–Trinajstić information content (AvgIpc) is 3.01. The third-order valence-electron chi connectivity index (χ3n) is 4.23. The van der Waals surface area contributed by atoms with Crippen LogP contribution in [0.2, 0.25) is 0 Å². The summed E-state index contributed by atoms with van der Waals surface area (Å²) < 4.78 is 2.00. The quantitative estimate of drug-likeness (QED) is 0.856. The molecular weight excluding hydrogens is 266 g/mol. The Morgan fingerprint density at radius 2 is 2.24 bits per heavy atom. The maximum atomic E-state index is 12.8. The molecule has 0 unspecified atom stereocenters. The lowest BCUT2D eigenvalue weighted by molar-refractivity contribution is 0.0708. The topological polar surface area (TPSA) is 63.1 Å². The highest BCUT2D eigenvalue weighted by Crippen LogP contribution is 2.27. The molecule has 0 radical (unpaired) electrons. The van der Waals surface area contributed by atoms with Crippen LogP contribution in [0.15, 0.2) is 24.5 Å². The zero-order valence-electron chi connectivity index (χ0n) is 11.7. The van der Waals surface area contributed by atoms with Crippen LogP contribution in [0.3, 0.4) is 0 Å². The molecule has 2 aliphatic heterocycles. The Morgan fingerprint density at radius 3 is 3.19 bits per heavy atom. The van der Waals surface area contributed by atoms with E-state index in [0.717, 1.165) is 43.0 Å². The molecule has 3 heterocycles. The molecule has 0 spiro atoms. The lowest BCUT2D eigenvalue weighted by atomic mass is 9.98. The zero-order chi connectivity index (χ0) is 14.2. The maximum absolute atomic E-state index is 12.8. The number of anilines is 1. The van der Waals surface area contributed by atoms with E-state index in [9.17, 15) is 4.79 Å². The first-order chi connectivity index (χ1) is 10.3. The van der Waals surface area contributed by atoms with Gasteiger partial charge in [0.05, 0.1) is 17.8 Å². The number of aromatic nitrogens is 3. The molecule has 1 N–H and O–H groups in total. The number of amides is 1. The van der Waals surface area contributed by atoms with Crippen molar-refractivity contribution in [1.82, 2.24) is 19.7 Å². The number of nitrogens with zero attached hydrogens (tertiary/aromatic N) is 4. The fraction of sp³-hybridized carbons (Fsp3) is 0.400. The van der Waals surface area contributed by atoms with Crippen molar-refractivity contribution in [3.8, 4) is 0 Å². The van der Waals surface area contributed by atoms with E-state index in [1.165, 1.54) is 5.56 Å². The van der Waals surface area contributed by atoms with E-state index in [-0.39, 0.29) is 5.91 Å². The summed E-state index contributed by atoms with van der Waals surface area (Å²) in [5.74, 6) is 0.933. The second-order valence-electron chi connectivity index (χ2n) is 5.54. The number of para-hydroxylation sites is 1. The minimum Gasteiger partial charge on any atom is -0.384 e. The summed E-state index contributed by atoms with van der Waals surface area (Å²) in [6.07, 6.45) is 3.89. The Balaban J connectivity index is 1.64. The van der Waals surface area contributed by atoms with Crippen LogP contribution in [0.5, 0.6) is 0 Å². The van der Waals surface area contributed by atoms with Crippen LogP contribution >= 0.6 is 0 Å². The van der Waals surface area contributed by atoms with Crippen LogP contribution in [0.25, 0.3) is 0 Å². The maximum Gasteiger partial charge on any atom is 0.256 e. The van der Waals surface area contributed by atoms with Gasteiger partial charge < -0.3 is 14.8 Å². The van der Waals surface area contributed by atoms with Crippen molar-refractivity contribution < 1.29 is 4.79 Å². The number of rotatable bonds is 1. The third kappa shape index (κ3) is 2.07. The molecule has 1 amide bonds. The van der Waals surface area contributed by atoms with Gasteiger partial charge in [0.15, 0.2) is 5.82 Å². The fourth-order valence-corrected chi connectivity index (χ4v) is 3.10. The van der Waals surface area contributed by atoms with Crippen molar-refractivity contribution in [1.29, 1.82) is 0 Å². The van der Waals surface area contributed by atoms with Gasteiger partial charge in [-0.05, 0) is 24.5 Å². The molecule has 21 heavy (non-hydrogen) atoms. The van der Waals surface area contributed by atoms with E-state index in [1.807, 2.05) is 21.6 Å². The Hall–Kier alpha value is -2.37. The molecule has 1 aromatic carbocycles. The predicted octanol–water partition coefficient (Wildman–Crippen LogP) is 1.29. The lowest BCUT2D eigenvalue weighted by Gasteiger charge is -2.29. The third-order valence-corrected chi connectivity index (χ3v) is 4.23. The monoisotopic (exact) mass is 283 g/mol. The van der Waals surface area contributed by atoms with Crippen LogP contribution in [0, 0.1) is 0 Å². The molecule has 0 aliphatic carbocycles. The summed E-state index contributed by atoms with van der Waals surface area (Å²) in [6.45, 7) is 2.93. The number of hydrogen-bond donors (Lipinski definition) is 1. The number of carbonyl (C=O) groups excluding carboxylic acids is 1. The summed E-state index contributed by atoms with van der Waals surface area (Å²) in [6, 6.07) is 6.00. The molecule has 0 fully saturated rings. The molecule has 2 aliphatic rings. The van der Waals surface area contributed by atoms with E-state index in [2.05, 4.69) is 21.6 Å². The van der Waals surface area contributed by atoms with E-state index < -0.39 is 0 Å². The van der Waals surface area contributed by atoms with Crippen LogP contribution in [0.4, 0.5) is 5.69 Å². The Labute approximate surface area is 122 Å². The first-order valence-electron chi connectivity index (χ1n) is 7.34. The lowest BCUT2D eigenvalue weighted by Crippen LogP contribution is -2.38. The molecular formula is C15H17N5O. The van der Waals surface area contributed by atoms with Crippen molar-refractivity contribution in [3.63, 3.8) is 0 Å². The Bertz CT molecular complexity index is 693. The predicted molar refractivity (Wildman–Crippen MR) is 78.0 cm³/mol. The number of hydrogen-bond acceptors (Lipinski definition) is 4. The SMILES string of the molecule is O=C(c1cccc2c1NCCC2)N1CCn2cnnc2C1. The number of fused-ring (bicyclic) bond motifs is 2. The Morgan fingerprint density at radius 1 is 1.29 bits per heavy atom. The van der Waals surface area contributed by atoms with Gasteiger partial charge in [0.2, 0.25) is 0 Å². The normalized spacial score (nSPS) is 16.9. The second kappa shape index (κ2) is 4.87. The van der Waals surface area contributed by atoms with Crippen molar-refractivity contribution in [2.75, 3.05) is 18.4 Å². The second-order valence-corrected chi connectivity index (χ2v) is 5.54. The van der Waals surface area contributed by atoms with Gasteiger partial charge >= 0.3 is 0 Å². The summed E-state index contributed by atoms with van der Waals surface area (Å²) in [5, 5.41) is 11.4. The number of benzene rings is 1. The zero-order valence-corrected chi connectivity index (χ0v) is 11.7. The Kier molecular flexibility index (Phi) is 2.87. The van der Waals surface area contributed by atoms with Crippen molar-refractivity contribution in [3.05, 3.63) is 41.5 Å². The van der Waals surface area contributed by atoms with Crippen LogP contribution in [-0.4, -0.2) is 38.7 Å². The van der Waals surface area contributed by atoms with Gasteiger partial charge in [0.1, 0.15) is 6.33 Å². The molecule has 0 atom stereocenters. The number of aryl methyl sites for hydroxylation is 1. The summed E-state index contributed by atoms with van der Waals surface area (Å²) in [7, 11) is 0. The van der Waals surface area contributed by atoms with Crippen molar-refractivity contribution >= 4 is 11.6 Å². The minimum atomic E-state index is 0.0792. The molecule has 0 bridgehead atoms. The highest BCUT2D eigenvalue weighted by atomic mass is 16.2. The van der Waals surface area contributed by atoms with Gasteiger partial charge in [-0.25, -0.2) is 0 Å². The minimum absolute atomic E-state index is 0.0792. The van der Waals surface area contributed by atoms with Crippen LogP contribution in [-0.2, 0) is 19.5 Å². The molecule has 0 saturated carbocycles. The van der Waals surface area contributed by atoms with Gasteiger partial charge in [-0.2, -0.15) is 0 Å². The van der Waals surface area contributed by atoms with Gasteiger partial charge in [-0.1, -0.05) is 12.1 Å². The molecule has 0 saturated heterocycles. The molecule has 6 heteroatoms. The highest BCUT2D eigenvalue weighted by Gasteiger charge is 2.26. The molecule has 1 aromatic heterocycles.